The Morgan fingerprint density at radius 1 is 0.966 bits per heavy atom. The molecule has 1 N–H and O–H groups in total. The Kier molecular flexibility index (Phi) is 5.92. The number of ether oxygens (including phenoxy) is 1. The van der Waals surface area contributed by atoms with Gasteiger partial charge in [0.15, 0.2) is 0 Å². The number of carbonyl (C=O) groups is 1. The van der Waals surface area contributed by atoms with Gasteiger partial charge in [-0.25, -0.2) is 0 Å². The maximum Gasteiger partial charge on any atom is 0.223 e. The van der Waals surface area contributed by atoms with Crippen LogP contribution in [0.5, 0.6) is 5.75 Å². The minimum atomic E-state index is -0.216. The van der Waals surface area contributed by atoms with Gasteiger partial charge in [-0.2, -0.15) is 0 Å². The third-order valence-corrected chi connectivity index (χ3v) is 5.44. The first-order valence-corrected chi connectivity index (χ1v) is 9.99. The first-order chi connectivity index (χ1) is 14.2. The van der Waals surface area contributed by atoms with Crippen LogP contribution in [0, 0.1) is 0 Å². The van der Waals surface area contributed by atoms with E-state index in [1.807, 2.05) is 47.4 Å². The van der Waals surface area contributed by atoms with E-state index in [4.69, 9.17) is 4.74 Å². The highest BCUT2D eigenvalue weighted by molar-refractivity contribution is 5.78. The predicted octanol–water partition coefficient (Wildman–Crippen LogP) is 4.51. The lowest BCUT2D eigenvalue weighted by molar-refractivity contribution is -0.139. The number of nitrogens with zero attached hydrogens (tertiary/aromatic N) is 1. The summed E-state index contributed by atoms with van der Waals surface area (Å²) in [6.07, 6.45) is 0.201. The molecule has 0 spiro atoms. The fraction of sp³-hybridized carbons (Fsp3) is 0.240. The highest BCUT2D eigenvalue weighted by atomic mass is 16.5. The average molecular weight is 387 g/mol. The van der Waals surface area contributed by atoms with E-state index in [0.29, 0.717) is 26.1 Å². The van der Waals surface area contributed by atoms with Crippen LogP contribution in [0.3, 0.4) is 0 Å². The third-order valence-electron chi connectivity index (χ3n) is 5.44. The smallest absolute Gasteiger partial charge is 0.223 e. The van der Waals surface area contributed by atoms with Crippen LogP contribution >= 0.6 is 0 Å². The number of phenolic OH excluding ortho intramolecular Hbond substituents is 1. The van der Waals surface area contributed by atoms with Gasteiger partial charge in [0.25, 0.3) is 0 Å². The predicted molar refractivity (Wildman–Crippen MR) is 113 cm³/mol. The van der Waals surface area contributed by atoms with Crippen molar-refractivity contribution in [3.8, 4) is 5.75 Å². The Labute approximate surface area is 171 Å². The quantitative estimate of drug-likeness (QED) is 0.701. The molecule has 1 fully saturated rings. The Bertz CT molecular complexity index is 903. The molecule has 3 aromatic rings. The van der Waals surface area contributed by atoms with E-state index in [9.17, 15) is 9.90 Å². The van der Waals surface area contributed by atoms with Gasteiger partial charge < -0.3 is 14.7 Å². The second-order valence-corrected chi connectivity index (χ2v) is 7.37. The molecular formula is C25H25NO3. The summed E-state index contributed by atoms with van der Waals surface area (Å²) in [6, 6.07) is 27.5. The fourth-order valence-electron chi connectivity index (χ4n) is 3.91. The van der Waals surface area contributed by atoms with Gasteiger partial charge in [-0.3, -0.25) is 4.79 Å². The van der Waals surface area contributed by atoms with Crippen LogP contribution in [0.25, 0.3) is 0 Å². The van der Waals surface area contributed by atoms with Crippen molar-refractivity contribution in [1.29, 1.82) is 0 Å². The number of amides is 1. The normalized spacial score (nSPS) is 16.7. The number of benzene rings is 3. The second-order valence-electron chi connectivity index (χ2n) is 7.37. The molecule has 1 aliphatic heterocycles. The summed E-state index contributed by atoms with van der Waals surface area (Å²) >= 11 is 0. The summed E-state index contributed by atoms with van der Waals surface area (Å²) in [7, 11) is 0. The van der Waals surface area contributed by atoms with E-state index in [2.05, 4.69) is 24.3 Å². The van der Waals surface area contributed by atoms with Crippen molar-refractivity contribution in [1.82, 2.24) is 4.90 Å². The molecule has 0 saturated carbocycles. The average Bonchev–Trinajstić information content (AvgIpc) is 2.78. The van der Waals surface area contributed by atoms with Gasteiger partial charge >= 0.3 is 0 Å². The van der Waals surface area contributed by atoms with E-state index in [-0.39, 0.29) is 23.7 Å². The molecule has 4 rings (SSSR count). The molecule has 0 radical (unpaired) electrons. The van der Waals surface area contributed by atoms with Crippen LogP contribution in [0.2, 0.25) is 0 Å². The van der Waals surface area contributed by atoms with Gasteiger partial charge in [0.2, 0.25) is 5.91 Å². The minimum absolute atomic E-state index is 0.0203. The summed E-state index contributed by atoms with van der Waals surface area (Å²) in [4.78, 5) is 15.1. The van der Waals surface area contributed by atoms with Crippen molar-refractivity contribution in [2.75, 3.05) is 19.7 Å². The monoisotopic (exact) mass is 387 g/mol. The van der Waals surface area contributed by atoms with Crippen molar-refractivity contribution in [3.05, 3.63) is 102 Å². The molecule has 0 aliphatic carbocycles. The number of carbonyl (C=O) groups excluding carboxylic acids is 1. The maximum atomic E-state index is 13.2. The van der Waals surface area contributed by atoms with Crippen LogP contribution in [0.1, 0.15) is 35.1 Å². The number of hydrogen-bond donors (Lipinski definition) is 1. The first-order valence-electron chi connectivity index (χ1n) is 9.99. The van der Waals surface area contributed by atoms with E-state index in [1.54, 1.807) is 18.2 Å². The Morgan fingerprint density at radius 2 is 1.62 bits per heavy atom. The van der Waals surface area contributed by atoms with Crippen LogP contribution in [-0.2, 0) is 9.53 Å². The molecule has 4 nitrogen and oxygen atoms in total. The molecule has 1 amide bonds. The molecule has 1 atom stereocenters. The number of phenols is 1. The highest BCUT2D eigenvalue weighted by Gasteiger charge is 2.28. The number of rotatable bonds is 5. The fourth-order valence-corrected chi connectivity index (χ4v) is 3.91. The van der Waals surface area contributed by atoms with Crippen LogP contribution < -0.4 is 0 Å². The highest BCUT2D eigenvalue weighted by Crippen LogP contribution is 2.30. The van der Waals surface area contributed by atoms with E-state index in [1.165, 1.54) is 0 Å². The van der Waals surface area contributed by atoms with Gasteiger partial charge in [-0.1, -0.05) is 72.8 Å². The van der Waals surface area contributed by atoms with Crippen molar-refractivity contribution in [2.45, 2.75) is 18.4 Å². The lowest BCUT2D eigenvalue weighted by Crippen LogP contribution is -2.42. The van der Waals surface area contributed by atoms with Gasteiger partial charge in [0, 0.05) is 18.9 Å². The van der Waals surface area contributed by atoms with Gasteiger partial charge in [-0.15, -0.1) is 0 Å². The number of aromatic hydroxyl groups is 1. The summed E-state index contributed by atoms with van der Waals surface area (Å²) in [5, 5.41) is 9.75. The van der Waals surface area contributed by atoms with Gasteiger partial charge in [0.05, 0.1) is 13.2 Å². The van der Waals surface area contributed by atoms with Crippen LogP contribution in [0.4, 0.5) is 0 Å². The third kappa shape index (κ3) is 4.66. The number of morpholine rings is 1. The summed E-state index contributed by atoms with van der Waals surface area (Å²) < 4.78 is 5.87. The molecule has 1 unspecified atom stereocenters. The second kappa shape index (κ2) is 8.93. The molecule has 0 bridgehead atoms. The molecule has 148 valence electrons. The summed E-state index contributed by atoms with van der Waals surface area (Å²) in [5.41, 5.74) is 3.18. The summed E-state index contributed by atoms with van der Waals surface area (Å²) in [5.74, 6) is 0.353. The Balaban J connectivity index is 1.51. The number of hydrogen-bond acceptors (Lipinski definition) is 3. The molecular weight excluding hydrogens is 362 g/mol. The lowest BCUT2D eigenvalue weighted by atomic mass is 9.88. The summed E-state index contributed by atoms with van der Waals surface area (Å²) in [6.45, 7) is 1.58. The zero-order valence-corrected chi connectivity index (χ0v) is 16.3. The first kappa shape index (κ1) is 19.2. The molecule has 29 heavy (non-hydrogen) atoms. The standard InChI is InChI=1S/C25H25NO3/c27-22-13-7-12-21(16-22)24-18-26(14-15-29-24)25(28)17-23(19-8-3-1-4-9-19)20-10-5-2-6-11-20/h1-13,16,23-24,27H,14-15,17-18H2. The molecule has 1 heterocycles. The molecule has 1 aliphatic rings. The largest absolute Gasteiger partial charge is 0.508 e. The Morgan fingerprint density at radius 3 is 2.24 bits per heavy atom. The molecule has 0 aromatic heterocycles. The van der Waals surface area contributed by atoms with Crippen molar-refractivity contribution < 1.29 is 14.6 Å². The zero-order chi connectivity index (χ0) is 20.1. The molecule has 4 heteroatoms. The van der Waals surface area contributed by atoms with Crippen LogP contribution in [0.15, 0.2) is 84.9 Å². The van der Waals surface area contributed by atoms with Gasteiger partial charge in [0.1, 0.15) is 11.9 Å². The van der Waals surface area contributed by atoms with Crippen LogP contribution in [-0.4, -0.2) is 35.6 Å². The van der Waals surface area contributed by atoms with Crippen molar-refractivity contribution in [3.63, 3.8) is 0 Å². The van der Waals surface area contributed by atoms with E-state index in [0.717, 1.165) is 16.7 Å². The zero-order valence-electron chi connectivity index (χ0n) is 16.3. The maximum absolute atomic E-state index is 13.2. The van der Waals surface area contributed by atoms with Crippen molar-refractivity contribution in [2.24, 2.45) is 0 Å². The Hall–Kier alpha value is -3.11. The van der Waals surface area contributed by atoms with E-state index < -0.39 is 0 Å². The SMILES string of the molecule is O=C(CC(c1ccccc1)c1ccccc1)N1CCOC(c2cccc(O)c2)C1. The minimum Gasteiger partial charge on any atom is -0.508 e. The van der Waals surface area contributed by atoms with Crippen molar-refractivity contribution >= 4 is 5.91 Å². The molecule has 1 saturated heterocycles. The topological polar surface area (TPSA) is 49.8 Å². The lowest BCUT2D eigenvalue weighted by Gasteiger charge is -2.34. The van der Waals surface area contributed by atoms with E-state index >= 15 is 0 Å². The molecule has 3 aromatic carbocycles. The van der Waals surface area contributed by atoms with Gasteiger partial charge in [-0.05, 0) is 28.8 Å².